The van der Waals surface area contributed by atoms with Gasteiger partial charge in [0.2, 0.25) is 15.9 Å². The Bertz CT molecular complexity index is 978. The van der Waals surface area contributed by atoms with Crippen LogP contribution in [0.5, 0.6) is 5.75 Å². The molecule has 9 nitrogen and oxygen atoms in total. The molecule has 1 N–H and O–H groups in total. The van der Waals surface area contributed by atoms with Crippen LogP contribution in [0.4, 0.5) is 5.69 Å². The zero-order valence-electron chi connectivity index (χ0n) is 20.0. The fourth-order valence-corrected chi connectivity index (χ4v) is 4.64. The summed E-state index contributed by atoms with van der Waals surface area (Å²) in [7, 11) is -0.183. The first-order chi connectivity index (χ1) is 15.5. The maximum absolute atomic E-state index is 13.2. The number of carbonyl (C=O) groups excluding carboxylic acids is 2. The number of hydrogen-bond donors (Lipinski definition) is 1. The van der Waals surface area contributed by atoms with Gasteiger partial charge in [0.1, 0.15) is 12.4 Å². The van der Waals surface area contributed by atoms with Crippen LogP contribution in [0, 0.1) is 11.8 Å². The van der Waals surface area contributed by atoms with Gasteiger partial charge in [0, 0.05) is 45.7 Å². The highest BCUT2D eigenvalue weighted by atomic mass is 32.2. The standard InChI is InChI=1S/C23H35N3O6S/c1-15-12-26(22(27)10-17-6-7-17)16(2)14-32-20-11-18(24-33(5,29)30)8-9-19(20)23(28)25(3)13-21(15)31-4/h8-9,11,15-17,21,24H,6-7,10,12-14H2,1-5H3/t15-,16+,21+/m0/s1. The van der Waals surface area contributed by atoms with Crippen LogP contribution in [0.15, 0.2) is 18.2 Å². The van der Waals surface area contributed by atoms with Crippen molar-refractivity contribution >= 4 is 27.5 Å². The average Bonchev–Trinajstić information content (AvgIpc) is 3.55. The summed E-state index contributed by atoms with van der Waals surface area (Å²) < 4.78 is 37.5. The van der Waals surface area contributed by atoms with Gasteiger partial charge in [-0.25, -0.2) is 8.42 Å². The Morgan fingerprint density at radius 1 is 1.24 bits per heavy atom. The van der Waals surface area contributed by atoms with Crippen molar-refractivity contribution < 1.29 is 27.5 Å². The largest absolute Gasteiger partial charge is 0.491 e. The van der Waals surface area contributed by atoms with E-state index in [0.29, 0.717) is 36.7 Å². The molecule has 3 rings (SSSR count). The summed E-state index contributed by atoms with van der Waals surface area (Å²) in [5.74, 6) is 0.597. The first-order valence-corrected chi connectivity index (χ1v) is 13.2. The van der Waals surface area contributed by atoms with Crippen LogP contribution in [0.25, 0.3) is 0 Å². The minimum absolute atomic E-state index is 0.0103. The van der Waals surface area contributed by atoms with Crippen molar-refractivity contribution in [1.29, 1.82) is 0 Å². The van der Waals surface area contributed by atoms with Crippen molar-refractivity contribution in [2.75, 3.05) is 44.8 Å². The van der Waals surface area contributed by atoms with E-state index in [1.165, 1.54) is 12.1 Å². The first-order valence-electron chi connectivity index (χ1n) is 11.3. The number of nitrogens with zero attached hydrogens (tertiary/aromatic N) is 2. The summed E-state index contributed by atoms with van der Waals surface area (Å²) in [5, 5.41) is 0. The molecular weight excluding hydrogens is 446 g/mol. The second kappa shape index (κ2) is 10.3. The van der Waals surface area contributed by atoms with Crippen molar-refractivity contribution in [1.82, 2.24) is 9.80 Å². The average molecular weight is 482 g/mol. The van der Waals surface area contributed by atoms with Gasteiger partial charge < -0.3 is 19.3 Å². The number of benzene rings is 1. The van der Waals surface area contributed by atoms with Gasteiger partial charge in [0.05, 0.1) is 29.7 Å². The molecule has 0 radical (unpaired) electrons. The van der Waals surface area contributed by atoms with Crippen LogP contribution in [-0.2, 0) is 19.6 Å². The molecule has 0 bridgehead atoms. The number of sulfonamides is 1. The Morgan fingerprint density at radius 2 is 1.94 bits per heavy atom. The lowest BCUT2D eigenvalue weighted by Gasteiger charge is -2.36. The Morgan fingerprint density at radius 3 is 2.55 bits per heavy atom. The number of ether oxygens (including phenoxy) is 2. The van der Waals surface area contributed by atoms with Crippen LogP contribution in [0.2, 0.25) is 0 Å². The van der Waals surface area contributed by atoms with E-state index < -0.39 is 10.0 Å². The van der Waals surface area contributed by atoms with E-state index in [1.807, 2.05) is 18.7 Å². The second-order valence-electron chi connectivity index (χ2n) is 9.38. The summed E-state index contributed by atoms with van der Waals surface area (Å²) in [6.45, 7) is 4.97. The molecule has 1 aromatic rings. The van der Waals surface area contributed by atoms with Crippen LogP contribution in [0.3, 0.4) is 0 Å². The predicted octanol–water partition coefficient (Wildman–Crippen LogP) is 2.19. The molecule has 0 unspecified atom stereocenters. The Hall–Kier alpha value is -2.33. The molecule has 0 aromatic heterocycles. The zero-order valence-corrected chi connectivity index (χ0v) is 20.9. The summed E-state index contributed by atoms with van der Waals surface area (Å²) in [6.07, 6.45) is 3.53. The van der Waals surface area contributed by atoms with Gasteiger partial charge >= 0.3 is 0 Å². The number of methoxy groups -OCH3 is 1. The number of fused-ring (bicyclic) bond motifs is 1. The summed E-state index contributed by atoms with van der Waals surface area (Å²) in [6, 6.07) is 4.36. The summed E-state index contributed by atoms with van der Waals surface area (Å²) >= 11 is 0. The van der Waals surface area contributed by atoms with Crippen LogP contribution in [0.1, 0.15) is 43.5 Å². The molecular formula is C23H35N3O6S. The highest BCUT2D eigenvalue weighted by molar-refractivity contribution is 7.92. The molecule has 3 atom stereocenters. The molecule has 1 heterocycles. The highest BCUT2D eigenvalue weighted by Crippen LogP contribution is 2.33. The lowest BCUT2D eigenvalue weighted by atomic mass is 10.0. The molecule has 1 aromatic carbocycles. The van der Waals surface area contributed by atoms with Gasteiger partial charge in [-0.2, -0.15) is 0 Å². The Labute approximate surface area is 196 Å². The van der Waals surface area contributed by atoms with Crippen molar-refractivity contribution in [3.63, 3.8) is 0 Å². The van der Waals surface area contributed by atoms with Gasteiger partial charge in [0.15, 0.2) is 0 Å². The van der Waals surface area contributed by atoms with E-state index in [1.54, 1.807) is 25.1 Å². The molecule has 1 aliphatic carbocycles. The van der Waals surface area contributed by atoms with E-state index >= 15 is 0 Å². The molecule has 1 saturated carbocycles. The SMILES string of the molecule is CO[C@@H]1CN(C)C(=O)c2ccc(NS(C)(=O)=O)cc2OC[C@@H](C)N(C(=O)CC2CC2)C[C@@H]1C. The van der Waals surface area contributed by atoms with Crippen molar-refractivity contribution in [3.8, 4) is 5.75 Å². The molecule has 2 amide bonds. The predicted molar refractivity (Wildman–Crippen MR) is 126 cm³/mol. The maximum atomic E-state index is 13.2. The lowest BCUT2D eigenvalue weighted by Crippen LogP contribution is -2.48. The number of anilines is 1. The van der Waals surface area contributed by atoms with Crippen LogP contribution >= 0.6 is 0 Å². The first kappa shape index (κ1) is 25.3. The normalized spacial score (nSPS) is 24.9. The highest BCUT2D eigenvalue weighted by Gasteiger charge is 2.33. The molecule has 184 valence electrons. The van der Waals surface area contributed by atoms with Gasteiger partial charge in [0.25, 0.3) is 5.91 Å². The van der Waals surface area contributed by atoms with Crippen molar-refractivity contribution in [2.24, 2.45) is 11.8 Å². The number of hydrogen-bond acceptors (Lipinski definition) is 6. The minimum Gasteiger partial charge on any atom is -0.491 e. The van der Waals surface area contributed by atoms with Crippen LogP contribution in [-0.4, -0.2) is 82.3 Å². The van der Waals surface area contributed by atoms with E-state index in [9.17, 15) is 18.0 Å². The molecule has 10 heteroatoms. The van der Waals surface area contributed by atoms with Gasteiger partial charge in [-0.3, -0.25) is 14.3 Å². The van der Waals surface area contributed by atoms with E-state index in [2.05, 4.69) is 4.72 Å². The zero-order chi connectivity index (χ0) is 24.3. The topological polar surface area (TPSA) is 105 Å². The smallest absolute Gasteiger partial charge is 0.257 e. The van der Waals surface area contributed by atoms with Crippen molar-refractivity contribution in [2.45, 2.75) is 45.3 Å². The van der Waals surface area contributed by atoms with E-state index in [4.69, 9.17) is 9.47 Å². The third-order valence-electron chi connectivity index (χ3n) is 6.23. The quantitative estimate of drug-likeness (QED) is 0.691. The molecule has 1 fully saturated rings. The maximum Gasteiger partial charge on any atom is 0.257 e. The molecule has 0 saturated heterocycles. The monoisotopic (exact) mass is 481 g/mol. The fourth-order valence-electron chi connectivity index (χ4n) is 4.08. The number of nitrogens with one attached hydrogen (secondary N) is 1. The van der Waals surface area contributed by atoms with Crippen LogP contribution < -0.4 is 9.46 Å². The molecule has 1 aliphatic heterocycles. The Kier molecular flexibility index (Phi) is 7.89. The summed E-state index contributed by atoms with van der Waals surface area (Å²) in [4.78, 5) is 29.7. The Balaban J connectivity index is 1.95. The third kappa shape index (κ3) is 6.83. The number of likely N-dealkylation sites (N-methyl/N-ethyl adjacent to an activating group) is 1. The van der Waals surface area contributed by atoms with Gasteiger partial charge in [-0.15, -0.1) is 0 Å². The van der Waals surface area contributed by atoms with Gasteiger partial charge in [-0.1, -0.05) is 6.92 Å². The molecule has 0 spiro atoms. The fraction of sp³-hybridized carbons (Fsp3) is 0.652. The minimum atomic E-state index is -3.49. The second-order valence-corrected chi connectivity index (χ2v) is 11.1. The molecule has 2 aliphatic rings. The lowest BCUT2D eigenvalue weighted by molar-refractivity contribution is -0.135. The van der Waals surface area contributed by atoms with E-state index in [-0.39, 0.29) is 42.2 Å². The number of rotatable bonds is 5. The summed E-state index contributed by atoms with van der Waals surface area (Å²) in [5.41, 5.74) is 0.624. The molecule has 33 heavy (non-hydrogen) atoms. The van der Waals surface area contributed by atoms with Gasteiger partial charge in [-0.05, 0) is 37.8 Å². The van der Waals surface area contributed by atoms with Crippen molar-refractivity contribution in [3.05, 3.63) is 23.8 Å². The third-order valence-corrected chi connectivity index (χ3v) is 6.84. The number of amides is 2. The number of carbonyl (C=O) groups is 2. The van der Waals surface area contributed by atoms with E-state index in [0.717, 1.165) is 19.1 Å².